The van der Waals surface area contributed by atoms with Gasteiger partial charge in [0.1, 0.15) is 5.71 Å². The lowest BCUT2D eigenvalue weighted by molar-refractivity contribution is 0.103. The maximum Gasteiger partial charge on any atom is 0.193 e. The van der Waals surface area contributed by atoms with Gasteiger partial charge in [-0.3, -0.25) is 14.8 Å². The highest BCUT2D eigenvalue weighted by atomic mass is 16.4. The van der Waals surface area contributed by atoms with E-state index in [1.807, 2.05) is 60.8 Å². The molecule has 0 saturated heterocycles. The van der Waals surface area contributed by atoms with Crippen molar-refractivity contribution in [2.24, 2.45) is 5.16 Å². The van der Waals surface area contributed by atoms with Crippen LogP contribution in [0.4, 0.5) is 0 Å². The molecule has 5 heteroatoms. The fraction of sp³-hybridized carbons (Fsp3) is 0.143. The van der Waals surface area contributed by atoms with Gasteiger partial charge in [-0.1, -0.05) is 53.7 Å². The summed E-state index contributed by atoms with van der Waals surface area (Å²) in [6.45, 7) is 0. The van der Waals surface area contributed by atoms with Crippen molar-refractivity contribution in [2.45, 2.75) is 25.7 Å². The first-order chi connectivity index (χ1) is 16.3. The predicted octanol–water partition coefficient (Wildman–Crippen LogP) is 4.82. The SMILES string of the molecule is O/N=C1\c2ccccc2CCc2cnccc21.O=C1c2ccccc2CCc2cnccc21. The number of fused-ring (bicyclic) bond motifs is 4. The molecule has 2 heterocycles. The van der Waals surface area contributed by atoms with Gasteiger partial charge < -0.3 is 5.21 Å². The van der Waals surface area contributed by atoms with Crippen molar-refractivity contribution in [1.29, 1.82) is 0 Å². The van der Waals surface area contributed by atoms with E-state index in [4.69, 9.17) is 0 Å². The van der Waals surface area contributed by atoms with Gasteiger partial charge in [0, 0.05) is 47.0 Å². The summed E-state index contributed by atoms with van der Waals surface area (Å²) in [6.07, 6.45) is 10.8. The van der Waals surface area contributed by atoms with Crippen LogP contribution < -0.4 is 0 Å². The van der Waals surface area contributed by atoms with E-state index >= 15 is 0 Å². The third-order valence-electron chi connectivity index (χ3n) is 6.27. The Kier molecular flexibility index (Phi) is 5.77. The third-order valence-corrected chi connectivity index (χ3v) is 6.27. The predicted molar refractivity (Wildman–Crippen MR) is 127 cm³/mol. The zero-order valence-electron chi connectivity index (χ0n) is 18.1. The standard InChI is InChI=1S/C14H12N2O.C14H11NO/c17-16-14-12-4-2-1-3-10(12)5-6-11-9-15-8-7-13(11)14;16-14-12-4-2-1-3-10(12)5-6-11-9-15-8-7-13(11)14/h1-4,7-9,17H,5-6H2;1-4,7-9H,5-6H2/b16-14+;. The summed E-state index contributed by atoms with van der Waals surface area (Å²) in [5.74, 6) is 0.130. The lowest BCUT2D eigenvalue weighted by Gasteiger charge is -2.07. The van der Waals surface area contributed by atoms with Crippen LogP contribution in [0.1, 0.15) is 49.3 Å². The van der Waals surface area contributed by atoms with Gasteiger partial charge in [0.05, 0.1) is 0 Å². The van der Waals surface area contributed by atoms with Crippen molar-refractivity contribution >= 4 is 11.5 Å². The van der Waals surface area contributed by atoms with Gasteiger partial charge in [-0.05, 0) is 60.1 Å². The maximum atomic E-state index is 12.3. The lowest BCUT2D eigenvalue weighted by Crippen LogP contribution is -2.06. The van der Waals surface area contributed by atoms with Crippen molar-refractivity contribution < 1.29 is 10.0 Å². The van der Waals surface area contributed by atoms with E-state index in [1.54, 1.807) is 18.6 Å². The van der Waals surface area contributed by atoms with Crippen molar-refractivity contribution in [2.75, 3.05) is 0 Å². The van der Waals surface area contributed by atoms with E-state index < -0.39 is 0 Å². The number of ketones is 1. The molecule has 6 rings (SSSR count). The molecule has 2 aliphatic carbocycles. The number of oxime groups is 1. The van der Waals surface area contributed by atoms with E-state index in [2.05, 4.69) is 21.2 Å². The lowest BCUT2D eigenvalue weighted by atomic mass is 9.99. The number of nitrogens with zero attached hydrogens (tertiary/aromatic N) is 3. The molecular formula is C28H23N3O2. The van der Waals surface area contributed by atoms with E-state index in [1.165, 1.54) is 5.56 Å². The van der Waals surface area contributed by atoms with Gasteiger partial charge in [0.15, 0.2) is 5.78 Å². The molecule has 0 unspecified atom stereocenters. The average molecular weight is 434 g/mol. The van der Waals surface area contributed by atoms with Crippen LogP contribution in [0.3, 0.4) is 0 Å². The van der Waals surface area contributed by atoms with Crippen LogP contribution in [-0.4, -0.2) is 26.7 Å². The van der Waals surface area contributed by atoms with Crippen molar-refractivity contribution in [3.63, 3.8) is 0 Å². The molecule has 0 spiro atoms. The Morgan fingerprint density at radius 3 is 1.73 bits per heavy atom. The second-order valence-corrected chi connectivity index (χ2v) is 8.16. The summed E-state index contributed by atoms with van der Waals surface area (Å²) in [5, 5.41) is 12.8. The fourth-order valence-corrected chi connectivity index (χ4v) is 4.57. The van der Waals surface area contributed by atoms with Crippen LogP contribution in [0.15, 0.2) is 90.6 Å². The third kappa shape index (κ3) is 4.05. The molecule has 162 valence electrons. The van der Waals surface area contributed by atoms with Gasteiger partial charge >= 0.3 is 0 Å². The first kappa shape index (κ1) is 20.8. The van der Waals surface area contributed by atoms with Crippen LogP contribution in [-0.2, 0) is 25.7 Å². The van der Waals surface area contributed by atoms with E-state index in [-0.39, 0.29) is 5.78 Å². The summed E-state index contributed by atoms with van der Waals surface area (Å²) in [6, 6.07) is 19.6. The fourth-order valence-electron chi connectivity index (χ4n) is 4.57. The maximum absolute atomic E-state index is 12.3. The summed E-state index contributed by atoms with van der Waals surface area (Å²) in [4.78, 5) is 20.5. The molecule has 0 saturated carbocycles. The summed E-state index contributed by atoms with van der Waals surface area (Å²) >= 11 is 0. The van der Waals surface area contributed by atoms with Crippen LogP contribution in [0.2, 0.25) is 0 Å². The van der Waals surface area contributed by atoms with Gasteiger partial charge in [-0.2, -0.15) is 0 Å². The molecule has 33 heavy (non-hydrogen) atoms. The molecule has 2 aliphatic rings. The van der Waals surface area contributed by atoms with E-state index in [9.17, 15) is 10.0 Å². The van der Waals surface area contributed by atoms with Crippen LogP contribution in [0, 0.1) is 0 Å². The molecule has 2 aromatic heterocycles. The number of benzene rings is 2. The number of aryl methyl sites for hydroxylation is 4. The highest BCUT2D eigenvalue weighted by Crippen LogP contribution is 2.25. The highest BCUT2D eigenvalue weighted by Gasteiger charge is 2.20. The Balaban J connectivity index is 0.000000139. The van der Waals surface area contributed by atoms with Gasteiger partial charge in [-0.25, -0.2) is 0 Å². The molecule has 0 bridgehead atoms. The van der Waals surface area contributed by atoms with Crippen molar-refractivity contribution in [1.82, 2.24) is 9.97 Å². The van der Waals surface area contributed by atoms with E-state index in [0.29, 0.717) is 5.71 Å². The normalized spacial score (nSPS) is 15.0. The van der Waals surface area contributed by atoms with Crippen molar-refractivity contribution in [3.8, 4) is 0 Å². The Bertz CT molecular complexity index is 1260. The molecule has 0 aliphatic heterocycles. The molecule has 5 nitrogen and oxygen atoms in total. The quantitative estimate of drug-likeness (QED) is 0.319. The van der Waals surface area contributed by atoms with Gasteiger partial charge in [0.25, 0.3) is 0 Å². The van der Waals surface area contributed by atoms with Gasteiger partial charge in [0.2, 0.25) is 0 Å². The number of pyridine rings is 2. The number of carbonyl (C=O) groups excluding carboxylic acids is 1. The average Bonchev–Trinajstić information content (AvgIpc) is 3.13. The molecule has 0 fully saturated rings. The Morgan fingerprint density at radius 2 is 1.06 bits per heavy atom. The Hall–Kier alpha value is -4.12. The molecule has 0 amide bonds. The zero-order chi connectivity index (χ0) is 22.6. The highest BCUT2D eigenvalue weighted by molar-refractivity contribution is 6.14. The van der Waals surface area contributed by atoms with E-state index in [0.717, 1.165) is 64.6 Å². The molecule has 1 N–H and O–H groups in total. The van der Waals surface area contributed by atoms with Crippen LogP contribution in [0.25, 0.3) is 0 Å². The van der Waals surface area contributed by atoms with Crippen molar-refractivity contribution in [3.05, 3.63) is 130 Å². The second-order valence-electron chi connectivity index (χ2n) is 8.16. The molecule has 2 aromatic carbocycles. The topological polar surface area (TPSA) is 75.4 Å². The smallest absolute Gasteiger partial charge is 0.193 e. The first-order valence-corrected chi connectivity index (χ1v) is 11.1. The number of rotatable bonds is 0. The molecule has 0 atom stereocenters. The molecule has 4 aromatic rings. The van der Waals surface area contributed by atoms with Crippen LogP contribution in [0.5, 0.6) is 0 Å². The minimum Gasteiger partial charge on any atom is -0.410 e. The van der Waals surface area contributed by atoms with Gasteiger partial charge in [-0.15, -0.1) is 0 Å². The summed E-state index contributed by atoms with van der Waals surface area (Å²) in [7, 11) is 0. The number of carbonyl (C=O) groups is 1. The number of hydrogen-bond acceptors (Lipinski definition) is 5. The minimum absolute atomic E-state index is 0.130. The number of hydrogen-bond donors (Lipinski definition) is 1. The summed E-state index contributed by atoms with van der Waals surface area (Å²) < 4.78 is 0. The zero-order valence-corrected chi connectivity index (χ0v) is 18.1. The number of aromatic nitrogens is 2. The molecular weight excluding hydrogens is 410 g/mol. The minimum atomic E-state index is 0.130. The monoisotopic (exact) mass is 433 g/mol. The largest absolute Gasteiger partial charge is 0.410 e. The second kappa shape index (κ2) is 9.17. The molecule has 0 radical (unpaired) electrons. The summed E-state index contributed by atoms with van der Waals surface area (Å²) in [5.41, 5.74) is 8.84. The first-order valence-electron chi connectivity index (χ1n) is 11.1. The van der Waals surface area contributed by atoms with Crippen LogP contribution >= 0.6 is 0 Å². The Morgan fingerprint density at radius 1 is 0.606 bits per heavy atom. The Labute approximate surface area is 192 Å².